The van der Waals surface area contributed by atoms with Crippen molar-refractivity contribution in [2.45, 2.75) is 32.2 Å². The minimum atomic E-state index is 0. The number of rotatable bonds is 4. The van der Waals surface area contributed by atoms with Crippen LogP contribution in [0.3, 0.4) is 0 Å². The Kier molecular flexibility index (Phi) is 7.66. The van der Waals surface area contributed by atoms with Crippen molar-refractivity contribution in [3.63, 3.8) is 0 Å². The molecule has 4 rings (SSSR count). The highest BCUT2D eigenvalue weighted by atomic mass is 35.5. The smallest absolute Gasteiger partial charge is 0.227 e. The van der Waals surface area contributed by atoms with Crippen molar-refractivity contribution in [2.75, 3.05) is 37.7 Å². The Morgan fingerprint density at radius 2 is 1.78 bits per heavy atom. The summed E-state index contributed by atoms with van der Waals surface area (Å²) >= 11 is 0. The molecule has 1 aromatic carbocycles. The summed E-state index contributed by atoms with van der Waals surface area (Å²) in [5.74, 6) is 2.42. The van der Waals surface area contributed by atoms with Gasteiger partial charge >= 0.3 is 0 Å². The molecule has 1 amide bonds. The van der Waals surface area contributed by atoms with E-state index in [2.05, 4.69) is 11.0 Å². The third kappa shape index (κ3) is 4.15. The molecule has 2 saturated carbocycles. The van der Waals surface area contributed by atoms with Crippen LogP contribution in [-0.2, 0) is 4.79 Å². The molecule has 0 aromatic heterocycles. The third-order valence-corrected chi connectivity index (χ3v) is 6.36. The van der Waals surface area contributed by atoms with Gasteiger partial charge < -0.3 is 20.3 Å². The van der Waals surface area contributed by atoms with Crippen LogP contribution >= 0.6 is 24.8 Å². The molecule has 1 saturated heterocycles. The van der Waals surface area contributed by atoms with Gasteiger partial charge in [-0.25, -0.2) is 0 Å². The lowest BCUT2D eigenvalue weighted by atomic mass is 9.84. The second-order valence-corrected chi connectivity index (χ2v) is 7.65. The van der Waals surface area contributed by atoms with E-state index >= 15 is 0 Å². The molecule has 0 spiro atoms. The first-order valence-corrected chi connectivity index (χ1v) is 9.70. The van der Waals surface area contributed by atoms with E-state index in [1.165, 1.54) is 19.3 Å². The van der Waals surface area contributed by atoms with Gasteiger partial charge in [0.2, 0.25) is 5.91 Å². The van der Waals surface area contributed by atoms with Gasteiger partial charge in [-0.1, -0.05) is 12.1 Å². The maximum absolute atomic E-state index is 13.0. The number of hydrogen-bond acceptors (Lipinski definition) is 4. The molecule has 2 aliphatic carbocycles. The molecule has 1 aliphatic heterocycles. The van der Waals surface area contributed by atoms with Crippen molar-refractivity contribution in [3.8, 4) is 5.75 Å². The quantitative estimate of drug-likeness (QED) is 0.820. The Morgan fingerprint density at radius 1 is 1.11 bits per heavy atom. The van der Waals surface area contributed by atoms with Crippen molar-refractivity contribution < 1.29 is 9.53 Å². The minimum Gasteiger partial charge on any atom is -0.492 e. The number of amides is 1. The number of benzene rings is 1. The number of anilines is 1. The molecule has 3 fully saturated rings. The number of hydrogen-bond donors (Lipinski definition) is 1. The van der Waals surface area contributed by atoms with Crippen LogP contribution in [0, 0.1) is 17.8 Å². The van der Waals surface area contributed by atoms with Crippen molar-refractivity contribution in [1.29, 1.82) is 0 Å². The maximum atomic E-state index is 13.0. The van der Waals surface area contributed by atoms with E-state index in [4.69, 9.17) is 10.5 Å². The average molecular weight is 416 g/mol. The van der Waals surface area contributed by atoms with E-state index < -0.39 is 0 Å². The minimum absolute atomic E-state index is 0. The molecule has 4 atom stereocenters. The van der Waals surface area contributed by atoms with E-state index in [1.54, 1.807) is 0 Å². The molecule has 2 bridgehead atoms. The summed E-state index contributed by atoms with van der Waals surface area (Å²) in [6.07, 6.45) is 3.58. The Bertz CT molecular complexity index is 635. The molecule has 2 N–H and O–H groups in total. The van der Waals surface area contributed by atoms with Gasteiger partial charge in [0.15, 0.2) is 0 Å². The molecular formula is C20H31Cl2N3O2. The summed E-state index contributed by atoms with van der Waals surface area (Å²) in [7, 11) is 0. The third-order valence-electron chi connectivity index (χ3n) is 6.36. The van der Waals surface area contributed by atoms with E-state index in [1.807, 2.05) is 30.0 Å². The van der Waals surface area contributed by atoms with Gasteiger partial charge in [0.05, 0.1) is 18.2 Å². The van der Waals surface area contributed by atoms with Crippen LogP contribution in [-0.4, -0.2) is 49.6 Å². The van der Waals surface area contributed by atoms with Crippen LogP contribution in [0.2, 0.25) is 0 Å². The van der Waals surface area contributed by atoms with E-state index in [0.29, 0.717) is 24.3 Å². The van der Waals surface area contributed by atoms with Crippen LogP contribution in [0.5, 0.6) is 5.75 Å². The largest absolute Gasteiger partial charge is 0.492 e. The zero-order valence-electron chi connectivity index (χ0n) is 15.9. The van der Waals surface area contributed by atoms with Crippen LogP contribution < -0.4 is 15.4 Å². The fraction of sp³-hybridized carbons (Fsp3) is 0.650. The molecule has 152 valence electrons. The Morgan fingerprint density at radius 3 is 2.41 bits per heavy atom. The van der Waals surface area contributed by atoms with Gasteiger partial charge in [-0.3, -0.25) is 4.79 Å². The van der Waals surface area contributed by atoms with E-state index in [0.717, 1.165) is 37.6 Å². The van der Waals surface area contributed by atoms with Gasteiger partial charge in [0.25, 0.3) is 0 Å². The Labute approximate surface area is 174 Å². The number of piperazine rings is 1. The summed E-state index contributed by atoms with van der Waals surface area (Å²) in [6.45, 7) is 5.93. The number of nitrogens with zero attached hydrogens (tertiary/aromatic N) is 2. The van der Waals surface area contributed by atoms with Gasteiger partial charge in [-0.05, 0) is 50.2 Å². The number of nitrogens with two attached hydrogens (primary N) is 1. The molecule has 4 unspecified atom stereocenters. The predicted molar refractivity (Wildman–Crippen MR) is 113 cm³/mol. The number of ether oxygens (including phenoxy) is 1. The van der Waals surface area contributed by atoms with E-state index in [9.17, 15) is 4.79 Å². The molecule has 7 heteroatoms. The first-order chi connectivity index (χ1) is 12.2. The highest BCUT2D eigenvalue weighted by Gasteiger charge is 2.50. The Hall–Kier alpha value is -1.17. The van der Waals surface area contributed by atoms with Crippen LogP contribution in [0.25, 0.3) is 0 Å². The van der Waals surface area contributed by atoms with Gasteiger partial charge in [0.1, 0.15) is 5.75 Å². The topological polar surface area (TPSA) is 58.8 Å². The lowest BCUT2D eigenvalue weighted by Crippen LogP contribution is -2.54. The maximum Gasteiger partial charge on any atom is 0.227 e. The van der Waals surface area contributed by atoms with Crippen LogP contribution in [0.15, 0.2) is 24.3 Å². The lowest BCUT2D eigenvalue weighted by Gasteiger charge is -2.39. The average Bonchev–Trinajstić information content (AvgIpc) is 3.23. The van der Waals surface area contributed by atoms with Crippen molar-refractivity contribution in [2.24, 2.45) is 23.5 Å². The molecule has 3 aliphatic rings. The first-order valence-electron chi connectivity index (χ1n) is 9.70. The van der Waals surface area contributed by atoms with Gasteiger partial charge in [-0.2, -0.15) is 0 Å². The van der Waals surface area contributed by atoms with Crippen molar-refractivity contribution in [1.82, 2.24) is 4.90 Å². The number of carbonyl (C=O) groups is 1. The monoisotopic (exact) mass is 415 g/mol. The Balaban J connectivity index is 0.00000131. The second kappa shape index (κ2) is 9.35. The molecule has 1 aromatic rings. The van der Waals surface area contributed by atoms with E-state index in [-0.39, 0.29) is 36.8 Å². The molecule has 27 heavy (non-hydrogen) atoms. The van der Waals surface area contributed by atoms with Crippen molar-refractivity contribution >= 4 is 36.4 Å². The van der Waals surface area contributed by atoms with Crippen LogP contribution in [0.4, 0.5) is 5.69 Å². The zero-order valence-corrected chi connectivity index (χ0v) is 17.5. The summed E-state index contributed by atoms with van der Waals surface area (Å²) < 4.78 is 5.75. The van der Waals surface area contributed by atoms with Gasteiger partial charge in [-0.15, -0.1) is 24.8 Å². The van der Waals surface area contributed by atoms with Crippen molar-refractivity contribution in [3.05, 3.63) is 24.3 Å². The lowest BCUT2D eigenvalue weighted by molar-refractivity contribution is -0.138. The molecule has 5 nitrogen and oxygen atoms in total. The first kappa shape index (κ1) is 22.1. The zero-order chi connectivity index (χ0) is 17.4. The number of fused-ring (bicyclic) bond motifs is 2. The highest BCUT2D eigenvalue weighted by Crippen LogP contribution is 2.48. The predicted octanol–water partition coefficient (Wildman–Crippen LogP) is 2.95. The SMILES string of the molecule is CCOc1ccccc1N1CCN(C(=O)C2C3CCC(C3)C2N)CC1.Cl.Cl. The summed E-state index contributed by atoms with van der Waals surface area (Å²) in [6, 6.07) is 8.26. The second-order valence-electron chi connectivity index (χ2n) is 7.65. The standard InChI is InChI=1S/C20H29N3O2.2ClH/c1-2-25-17-6-4-3-5-16(17)22-9-11-23(12-10-22)20(24)18-14-7-8-15(13-14)19(18)21;;/h3-6,14-15,18-19H,2,7-13,21H2,1H3;2*1H. The number of halogens is 2. The van der Waals surface area contributed by atoms with Gasteiger partial charge in [0, 0.05) is 32.2 Å². The highest BCUT2D eigenvalue weighted by molar-refractivity contribution is 5.85. The molecular weight excluding hydrogens is 385 g/mol. The summed E-state index contributed by atoms with van der Waals surface area (Å²) in [5.41, 5.74) is 7.50. The fourth-order valence-corrected chi connectivity index (χ4v) is 5.08. The number of para-hydroxylation sites is 2. The molecule has 1 heterocycles. The summed E-state index contributed by atoms with van der Waals surface area (Å²) in [5, 5.41) is 0. The van der Waals surface area contributed by atoms with Crippen LogP contribution in [0.1, 0.15) is 26.2 Å². The number of carbonyl (C=O) groups excluding carboxylic acids is 1. The fourth-order valence-electron chi connectivity index (χ4n) is 5.08. The summed E-state index contributed by atoms with van der Waals surface area (Å²) in [4.78, 5) is 17.4. The molecule has 0 radical (unpaired) electrons. The normalized spacial score (nSPS) is 29.1.